The normalized spacial score (nSPS) is 14.2. The van der Waals surface area contributed by atoms with Crippen LogP contribution in [0.2, 0.25) is 5.02 Å². The maximum absolute atomic E-state index is 12.2. The van der Waals surface area contributed by atoms with Gasteiger partial charge >= 0.3 is 5.97 Å². The predicted molar refractivity (Wildman–Crippen MR) is 97.0 cm³/mol. The maximum Gasteiger partial charge on any atom is 0.349 e. The molecule has 4 nitrogen and oxygen atoms in total. The maximum atomic E-state index is 12.2. The lowest BCUT2D eigenvalue weighted by atomic mass is 10.1. The number of nitriles is 1. The molecule has 0 saturated heterocycles. The molecule has 0 radical (unpaired) electrons. The van der Waals surface area contributed by atoms with Gasteiger partial charge < -0.3 is 9.30 Å². The third-order valence-corrected chi connectivity index (χ3v) is 4.61. The van der Waals surface area contributed by atoms with E-state index in [0.29, 0.717) is 11.1 Å². The van der Waals surface area contributed by atoms with Crippen molar-refractivity contribution >= 4 is 23.6 Å². The third-order valence-electron chi connectivity index (χ3n) is 4.36. The number of rotatable bonds is 5. The SMILES string of the molecule is Cc1cc(/C=C(\C#N)C(=O)OCc2ccc(Cl)cc2)c(C)n1C1CC1. The van der Waals surface area contributed by atoms with E-state index in [4.69, 9.17) is 16.3 Å². The monoisotopic (exact) mass is 354 g/mol. The minimum absolute atomic E-state index is 0.00464. The highest BCUT2D eigenvalue weighted by atomic mass is 35.5. The number of carbonyl (C=O) groups is 1. The average molecular weight is 355 g/mol. The van der Waals surface area contributed by atoms with Crippen LogP contribution >= 0.6 is 11.6 Å². The Morgan fingerprint density at radius 2 is 2.04 bits per heavy atom. The first-order chi connectivity index (χ1) is 12.0. The molecule has 2 aromatic rings. The first-order valence-corrected chi connectivity index (χ1v) is 8.59. The Hall–Kier alpha value is -2.51. The van der Waals surface area contributed by atoms with Gasteiger partial charge in [-0.15, -0.1) is 0 Å². The number of esters is 1. The number of hydrogen-bond donors (Lipinski definition) is 0. The van der Waals surface area contributed by atoms with Crippen LogP contribution in [-0.2, 0) is 16.1 Å². The number of aryl methyl sites for hydroxylation is 1. The molecule has 5 heteroatoms. The molecule has 1 heterocycles. The van der Waals surface area contributed by atoms with Gasteiger partial charge in [0.25, 0.3) is 0 Å². The van der Waals surface area contributed by atoms with Crippen molar-refractivity contribution in [3.8, 4) is 6.07 Å². The Morgan fingerprint density at radius 1 is 1.36 bits per heavy atom. The Balaban J connectivity index is 1.74. The highest BCUT2D eigenvalue weighted by molar-refractivity contribution is 6.30. The molecule has 1 saturated carbocycles. The zero-order valence-corrected chi connectivity index (χ0v) is 15.0. The topological polar surface area (TPSA) is 55.0 Å². The summed E-state index contributed by atoms with van der Waals surface area (Å²) in [6, 6.07) is 11.6. The highest BCUT2D eigenvalue weighted by Gasteiger charge is 2.26. The van der Waals surface area contributed by atoms with Crippen molar-refractivity contribution in [3.63, 3.8) is 0 Å². The number of aromatic nitrogens is 1. The summed E-state index contributed by atoms with van der Waals surface area (Å²) < 4.78 is 7.53. The van der Waals surface area contributed by atoms with Crippen LogP contribution in [-0.4, -0.2) is 10.5 Å². The van der Waals surface area contributed by atoms with E-state index in [1.54, 1.807) is 30.3 Å². The van der Waals surface area contributed by atoms with Crippen LogP contribution in [0.5, 0.6) is 0 Å². The van der Waals surface area contributed by atoms with Gasteiger partial charge in [-0.1, -0.05) is 23.7 Å². The van der Waals surface area contributed by atoms with Crippen LogP contribution in [0.3, 0.4) is 0 Å². The second-order valence-electron chi connectivity index (χ2n) is 6.30. The fraction of sp³-hybridized carbons (Fsp3) is 0.300. The van der Waals surface area contributed by atoms with Crippen molar-refractivity contribution < 1.29 is 9.53 Å². The van der Waals surface area contributed by atoms with Crippen molar-refractivity contribution in [2.24, 2.45) is 0 Å². The van der Waals surface area contributed by atoms with E-state index in [1.165, 1.54) is 12.8 Å². The standard InChI is InChI=1S/C20H19ClN2O2/c1-13-9-16(14(2)23(13)19-7-8-19)10-17(11-22)20(24)25-12-15-3-5-18(21)6-4-15/h3-6,9-10,19H,7-8,12H2,1-2H3/b17-10+. The van der Waals surface area contributed by atoms with Gasteiger partial charge in [0.05, 0.1) is 0 Å². The van der Waals surface area contributed by atoms with Gasteiger partial charge in [-0.25, -0.2) is 4.79 Å². The summed E-state index contributed by atoms with van der Waals surface area (Å²) in [6.07, 6.45) is 3.99. The summed E-state index contributed by atoms with van der Waals surface area (Å²) in [6.45, 7) is 4.18. The highest BCUT2D eigenvalue weighted by Crippen LogP contribution is 2.38. The molecule has 0 unspecified atom stereocenters. The zero-order chi connectivity index (χ0) is 18.0. The predicted octanol–water partition coefficient (Wildman–Crippen LogP) is 4.74. The van der Waals surface area contributed by atoms with Crippen molar-refractivity contribution in [2.45, 2.75) is 39.3 Å². The molecule has 128 valence electrons. The number of halogens is 1. The Morgan fingerprint density at radius 3 is 2.64 bits per heavy atom. The van der Waals surface area contributed by atoms with Gasteiger partial charge in [-0.2, -0.15) is 5.26 Å². The van der Waals surface area contributed by atoms with Crippen LogP contribution in [0.1, 0.15) is 41.4 Å². The van der Waals surface area contributed by atoms with Gasteiger partial charge in [0.1, 0.15) is 18.2 Å². The number of carbonyl (C=O) groups excluding carboxylic acids is 1. The second-order valence-corrected chi connectivity index (χ2v) is 6.74. The molecule has 1 aliphatic carbocycles. The molecule has 0 N–H and O–H groups in total. The lowest BCUT2D eigenvalue weighted by molar-refractivity contribution is -0.139. The molecule has 1 fully saturated rings. The Labute approximate surface area is 152 Å². The molecule has 0 spiro atoms. The summed E-state index contributed by atoms with van der Waals surface area (Å²) in [7, 11) is 0. The molecular weight excluding hydrogens is 336 g/mol. The van der Waals surface area contributed by atoms with Crippen molar-refractivity contribution in [1.29, 1.82) is 5.26 Å². The second kappa shape index (κ2) is 7.16. The van der Waals surface area contributed by atoms with E-state index >= 15 is 0 Å². The van der Waals surface area contributed by atoms with Crippen LogP contribution in [0, 0.1) is 25.2 Å². The van der Waals surface area contributed by atoms with Crippen molar-refractivity contribution in [2.75, 3.05) is 0 Å². The van der Waals surface area contributed by atoms with E-state index in [1.807, 2.05) is 26.0 Å². The van der Waals surface area contributed by atoms with Gasteiger partial charge in [0.2, 0.25) is 0 Å². The van der Waals surface area contributed by atoms with Crippen molar-refractivity contribution in [3.05, 3.63) is 63.4 Å². The number of ether oxygens (including phenoxy) is 1. The van der Waals surface area contributed by atoms with E-state index in [2.05, 4.69) is 4.57 Å². The molecule has 1 aromatic carbocycles. The molecule has 0 amide bonds. The first kappa shape index (κ1) is 17.3. The molecule has 0 atom stereocenters. The molecule has 1 aromatic heterocycles. The molecule has 3 rings (SSSR count). The molecule has 0 aliphatic heterocycles. The first-order valence-electron chi connectivity index (χ1n) is 8.21. The molecule has 0 bridgehead atoms. The average Bonchev–Trinajstić information content (AvgIpc) is 3.38. The van der Waals surface area contributed by atoms with Gasteiger partial charge in [-0.3, -0.25) is 0 Å². The molecule has 25 heavy (non-hydrogen) atoms. The Bertz CT molecular complexity index is 868. The largest absolute Gasteiger partial charge is 0.457 e. The minimum atomic E-state index is -0.617. The quantitative estimate of drug-likeness (QED) is 0.442. The Kier molecular flexibility index (Phi) is 4.96. The van der Waals surface area contributed by atoms with Gasteiger partial charge in [-0.05, 0) is 62.1 Å². The lowest BCUT2D eigenvalue weighted by Crippen LogP contribution is -2.07. The fourth-order valence-corrected chi connectivity index (χ4v) is 3.07. The van der Waals surface area contributed by atoms with Crippen LogP contribution in [0.25, 0.3) is 6.08 Å². The summed E-state index contributed by atoms with van der Waals surface area (Å²) in [5.74, 6) is -0.617. The van der Waals surface area contributed by atoms with Gasteiger partial charge in [0.15, 0.2) is 0 Å². The van der Waals surface area contributed by atoms with E-state index in [0.717, 1.165) is 22.5 Å². The number of benzene rings is 1. The smallest absolute Gasteiger partial charge is 0.349 e. The van der Waals surface area contributed by atoms with E-state index in [-0.39, 0.29) is 12.2 Å². The van der Waals surface area contributed by atoms with Crippen LogP contribution in [0.4, 0.5) is 0 Å². The zero-order valence-electron chi connectivity index (χ0n) is 14.3. The lowest BCUT2D eigenvalue weighted by Gasteiger charge is -2.07. The van der Waals surface area contributed by atoms with Crippen LogP contribution < -0.4 is 0 Å². The molecule has 1 aliphatic rings. The summed E-state index contributed by atoms with van der Waals surface area (Å²) in [5.41, 5.74) is 3.95. The summed E-state index contributed by atoms with van der Waals surface area (Å²) in [4.78, 5) is 12.2. The number of hydrogen-bond acceptors (Lipinski definition) is 3. The van der Waals surface area contributed by atoms with E-state index < -0.39 is 5.97 Å². The number of nitrogens with zero attached hydrogens (tertiary/aromatic N) is 2. The fourth-order valence-electron chi connectivity index (χ4n) is 2.94. The van der Waals surface area contributed by atoms with Crippen molar-refractivity contribution in [1.82, 2.24) is 4.57 Å². The summed E-state index contributed by atoms with van der Waals surface area (Å²) in [5, 5.41) is 9.96. The summed E-state index contributed by atoms with van der Waals surface area (Å²) >= 11 is 5.83. The third kappa shape index (κ3) is 3.94. The van der Waals surface area contributed by atoms with Crippen LogP contribution in [0.15, 0.2) is 35.9 Å². The molecular formula is C20H19ClN2O2. The van der Waals surface area contributed by atoms with Gasteiger partial charge in [0, 0.05) is 22.5 Å². The van der Waals surface area contributed by atoms with E-state index in [9.17, 15) is 10.1 Å². The minimum Gasteiger partial charge on any atom is -0.457 e.